The zero-order valence-corrected chi connectivity index (χ0v) is 21.1. The van der Waals surface area contributed by atoms with Gasteiger partial charge in [-0.3, -0.25) is 4.79 Å². The number of nitrogens with one attached hydrogen (secondary N) is 1. The molecule has 0 saturated heterocycles. The Balaban J connectivity index is 0. The van der Waals surface area contributed by atoms with Gasteiger partial charge in [-0.1, -0.05) is 25.0 Å². The normalized spacial score (nSPS) is 11.4. The molecule has 1 heterocycles. The molecule has 1 amide bonds. The summed E-state index contributed by atoms with van der Waals surface area (Å²) < 4.78 is 12.4. The third-order valence-corrected chi connectivity index (χ3v) is 3.63. The Kier molecular flexibility index (Phi) is 20.1. The fraction of sp³-hybridized carbons (Fsp3) is 0.778. The zero-order chi connectivity index (χ0) is 18.3. The van der Waals surface area contributed by atoms with Crippen LogP contribution in [0.25, 0.3) is 0 Å². The first kappa shape index (κ1) is 28.7. The van der Waals surface area contributed by atoms with Crippen molar-refractivity contribution in [3.8, 4) is 0 Å². The van der Waals surface area contributed by atoms with Crippen LogP contribution >= 0.6 is 0 Å². The molecule has 0 saturated carbocycles. The summed E-state index contributed by atoms with van der Waals surface area (Å²) in [5.41, 5.74) is 0.689. The Hall–Kier alpha value is -0.458. The Labute approximate surface area is 187 Å². The van der Waals surface area contributed by atoms with E-state index in [4.69, 9.17) is 14.6 Å². The number of aliphatic hydroxyl groups excluding tert-OH is 1. The van der Waals surface area contributed by atoms with Gasteiger partial charge in [0.2, 0.25) is 5.91 Å². The van der Waals surface area contributed by atoms with Crippen molar-refractivity contribution in [2.75, 3.05) is 26.4 Å². The molecule has 0 bridgehead atoms. The number of amides is 1. The first-order chi connectivity index (χ1) is 12.2. The van der Waals surface area contributed by atoms with Crippen molar-refractivity contribution in [2.45, 2.75) is 65.1 Å². The molecule has 0 aliphatic carbocycles. The van der Waals surface area contributed by atoms with Crippen LogP contribution < -0.4 is 5.32 Å². The first-order valence-electron chi connectivity index (χ1n) is 9.14. The molecule has 2 N–H and O–H groups in total. The molecule has 1 aromatic heterocycles. The van der Waals surface area contributed by atoms with Crippen molar-refractivity contribution in [1.29, 1.82) is 0 Å². The molecule has 156 valence electrons. The van der Waals surface area contributed by atoms with Gasteiger partial charge in [0.05, 0.1) is 25.5 Å². The number of ether oxygens (including phenoxy) is 2. The van der Waals surface area contributed by atoms with Crippen LogP contribution in [0.3, 0.4) is 0 Å². The number of hydrogen-bond donors (Lipinski definition) is 2. The number of hydrogen-bond acceptors (Lipinski definition) is 6. The van der Waals surface area contributed by atoms with E-state index in [1.54, 1.807) is 6.20 Å². The Morgan fingerprint density at radius 1 is 1.30 bits per heavy atom. The fourth-order valence-electron chi connectivity index (χ4n) is 2.30. The molecule has 27 heavy (non-hydrogen) atoms. The summed E-state index contributed by atoms with van der Waals surface area (Å²) in [6, 6.07) is 0.0326. The van der Waals surface area contributed by atoms with Gasteiger partial charge in [-0.05, 0) is 26.2 Å². The number of carbonyl (C=O) groups is 1. The van der Waals surface area contributed by atoms with Crippen molar-refractivity contribution in [3.05, 3.63) is 19.3 Å². The Morgan fingerprint density at radius 3 is 2.74 bits per heavy atom. The van der Waals surface area contributed by atoms with E-state index in [2.05, 4.69) is 22.6 Å². The summed E-state index contributed by atoms with van der Waals surface area (Å²) in [5, 5.41) is 19.7. The summed E-state index contributed by atoms with van der Waals surface area (Å²) in [4.78, 5) is 12.2. The van der Waals surface area contributed by atoms with Crippen LogP contribution in [0.4, 0.5) is 0 Å². The van der Waals surface area contributed by atoms with E-state index >= 15 is 0 Å². The topological polar surface area (TPSA) is 98.5 Å². The second kappa shape index (κ2) is 18.9. The molecule has 0 spiro atoms. The summed E-state index contributed by atoms with van der Waals surface area (Å²) in [7, 11) is 0. The summed E-state index contributed by atoms with van der Waals surface area (Å²) >= 11 is 0. The number of aliphatic hydroxyl groups is 1. The van der Waals surface area contributed by atoms with Gasteiger partial charge in [-0.2, -0.15) is 0 Å². The van der Waals surface area contributed by atoms with Crippen LogP contribution in [-0.2, 0) is 27.4 Å². The molecule has 0 radical (unpaired) electrons. The zero-order valence-electron chi connectivity index (χ0n) is 16.9. The van der Waals surface area contributed by atoms with Crippen molar-refractivity contribution in [1.82, 2.24) is 20.3 Å². The van der Waals surface area contributed by atoms with E-state index < -0.39 is 0 Å². The van der Waals surface area contributed by atoms with Gasteiger partial charge in [0.1, 0.15) is 12.2 Å². The molecule has 0 aliphatic rings. The second-order valence-corrected chi connectivity index (χ2v) is 5.96. The Morgan fingerprint density at radius 2 is 2.07 bits per heavy atom. The summed E-state index contributed by atoms with van der Waals surface area (Å²) in [6.07, 6.45) is 6.31. The molecular weight excluding hydrogens is 574 g/mol. The molecule has 0 aromatic carbocycles. The average Bonchev–Trinajstić information content (AvgIpc) is 3.04. The van der Waals surface area contributed by atoms with Crippen molar-refractivity contribution in [3.63, 3.8) is 0 Å². The molecule has 8 nitrogen and oxygen atoms in total. The SMILES string of the molecule is CCCCC(COCC)NC(=O)Cn1cc(COCCCCO)nn1.[CH3-].[U]. The predicted octanol–water partition coefficient (Wildman–Crippen LogP) is 1.73. The van der Waals surface area contributed by atoms with Crippen molar-refractivity contribution >= 4 is 5.91 Å². The number of carbonyl (C=O) groups excluding carboxylic acids is 1. The third-order valence-electron chi connectivity index (χ3n) is 3.63. The van der Waals surface area contributed by atoms with Crippen LogP contribution in [0.2, 0.25) is 0 Å². The van der Waals surface area contributed by atoms with Crippen LogP contribution in [-0.4, -0.2) is 58.5 Å². The van der Waals surface area contributed by atoms with Crippen molar-refractivity contribution in [2.24, 2.45) is 0 Å². The van der Waals surface area contributed by atoms with Gasteiger partial charge in [0.15, 0.2) is 0 Å². The van der Waals surface area contributed by atoms with Crippen LogP contribution in [0.5, 0.6) is 0 Å². The van der Waals surface area contributed by atoms with Gasteiger partial charge in [-0.25, -0.2) is 4.68 Å². The fourth-order valence-corrected chi connectivity index (χ4v) is 2.30. The number of unbranched alkanes of at least 4 members (excludes halogenated alkanes) is 2. The predicted molar refractivity (Wildman–Crippen MR) is 100 cm³/mol. The molecule has 1 rings (SSSR count). The monoisotopic (exact) mass is 609 g/mol. The van der Waals surface area contributed by atoms with Crippen LogP contribution in [0.1, 0.15) is 51.6 Å². The minimum Gasteiger partial charge on any atom is -0.396 e. The van der Waals surface area contributed by atoms with E-state index in [-0.39, 0.29) is 63.6 Å². The second-order valence-electron chi connectivity index (χ2n) is 5.96. The summed E-state index contributed by atoms with van der Waals surface area (Å²) in [6.45, 7) is 6.49. The maximum atomic E-state index is 12.2. The van der Waals surface area contributed by atoms with E-state index in [0.717, 1.165) is 32.1 Å². The van der Waals surface area contributed by atoms with Gasteiger partial charge in [-0.15, -0.1) is 5.10 Å². The molecular formula is C18H35N4O4U-. The van der Waals surface area contributed by atoms with Crippen LogP contribution in [0, 0.1) is 38.5 Å². The Bertz CT molecular complexity index is 466. The van der Waals surface area contributed by atoms with Crippen LogP contribution in [0.15, 0.2) is 6.20 Å². The number of rotatable bonds is 15. The maximum absolute atomic E-state index is 12.2. The quantitative estimate of drug-likeness (QED) is 0.232. The van der Waals surface area contributed by atoms with E-state index in [1.165, 1.54) is 4.68 Å². The average molecular weight is 610 g/mol. The van der Waals surface area contributed by atoms with Gasteiger partial charge >= 0.3 is 0 Å². The molecule has 1 unspecified atom stereocenters. The number of nitrogens with zero attached hydrogens (tertiary/aromatic N) is 3. The molecule has 9 heteroatoms. The van der Waals surface area contributed by atoms with Gasteiger partial charge < -0.3 is 27.3 Å². The van der Waals surface area contributed by atoms with E-state index in [9.17, 15) is 4.79 Å². The standard InChI is InChI=1S/C17H32N4O4.CH3.U/c1-3-5-8-15(13-24-4-2)18-17(23)12-21-11-16(19-20-21)14-25-10-7-6-9-22;;/h11,15,22H,3-10,12-14H2,1-2H3,(H,18,23);1H3;/q;-1;. The minimum absolute atomic E-state index is 0. The molecule has 1 aromatic rings. The smallest absolute Gasteiger partial charge is 0.242 e. The minimum atomic E-state index is -0.0962. The van der Waals surface area contributed by atoms with Gasteiger partial charge in [0.25, 0.3) is 0 Å². The molecule has 0 fully saturated rings. The van der Waals surface area contributed by atoms with E-state index in [1.807, 2.05) is 6.92 Å². The molecule has 1 atom stereocenters. The summed E-state index contributed by atoms with van der Waals surface area (Å²) in [5.74, 6) is -0.0962. The third kappa shape index (κ3) is 14.2. The number of aromatic nitrogens is 3. The first-order valence-corrected chi connectivity index (χ1v) is 9.14. The van der Waals surface area contributed by atoms with Crippen molar-refractivity contribution < 1.29 is 50.5 Å². The van der Waals surface area contributed by atoms with E-state index in [0.29, 0.717) is 32.1 Å². The maximum Gasteiger partial charge on any atom is 0.242 e. The van der Waals surface area contributed by atoms with Gasteiger partial charge in [0, 0.05) is 50.9 Å². The largest absolute Gasteiger partial charge is 0.396 e. The molecule has 0 aliphatic heterocycles.